The molecule has 0 saturated carbocycles. The number of ether oxygens (including phenoxy) is 1. The van der Waals surface area contributed by atoms with Gasteiger partial charge in [-0.05, 0) is 31.5 Å². The predicted octanol–water partition coefficient (Wildman–Crippen LogP) is 1.81. The maximum atomic E-state index is 5.00. The van der Waals surface area contributed by atoms with Gasteiger partial charge >= 0.3 is 0 Å². The molecule has 2 rings (SSSR count). The number of hydrogen-bond acceptors (Lipinski definition) is 4. The summed E-state index contributed by atoms with van der Waals surface area (Å²) < 4.78 is 6.85. The van der Waals surface area contributed by atoms with E-state index in [2.05, 4.69) is 25.7 Å². The Morgan fingerprint density at radius 3 is 2.62 bits per heavy atom. The van der Waals surface area contributed by atoms with Gasteiger partial charge in [0.2, 0.25) is 0 Å². The summed E-state index contributed by atoms with van der Waals surface area (Å²) in [5, 5.41) is 10.8. The number of guanidine groups is 1. The Balaban J connectivity index is 0.00000288. The van der Waals surface area contributed by atoms with Crippen LogP contribution in [0.15, 0.2) is 29.4 Å². The zero-order valence-electron chi connectivity index (χ0n) is 14.5. The number of rotatable bonds is 6. The number of nitrogens with one attached hydrogen (secondary N) is 2. The van der Waals surface area contributed by atoms with Crippen molar-refractivity contribution in [3.8, 4) is 5.82 Å². The van der Waals surface area contributed by atoms with Crippen LogP contribution in [0.2, 0.25) is 0 Å². The Kier molecular flexibility index (Phi) is 8.69. The first-order valence-corrected chi connectivity index (χ1v) is 7.56. The lowest BCUT2D eigenvalue weighted by Gasteiger charge is -2.11. The molecule has 0 radical (unpaired) electrons. The lowest BCUT2D eigenvalue weighted by molar-refractivity contribution is 0.203. The van der Waals surface area contributed by atoms with Crippen LogP contribution in [-0.4, -0.2) is 48.0 Å². The zero-order chi connectivity index (χ0) is 16.7. The Morgan fingerprint density at radius 1 is 1.29 bits per heavy atom. The summed E-state index contributed by atoms with van der Waals surface area (Å²) in [6, 6.07) is 6.04. The maximum absolute atomic E-state index is 5.00. The van der Waals surface area contributed by atoms with Crippen molar-refractivity contribution < 1.29 is 4.74 Å². The van der Waals surface area contributed by atoms with Gasteiger partial charge in [-0.15, -0.1) is 24.0 Å². The number of nitrogens with zero attached hydrogens (tertiary/aromatic N) is 4. The molecule has 2 heterocycles. The first kappa shape index (κ1) is 20.4. The molecule has 0 atom stereocenters. The van der Waals surface area contributed by atoms with Crippen LogP contribution in [0, 0.1) is 13.8 Å². The summed E-state index contributed by atoms with van der Waals surface area (Å²) >= 11 is 0. The molecule has 0 amide bonds. The number of methoxy groups -OCH3 is 1. The van der Waals surface area contributed by atoms with Crippen molar-refractivity contribution in [3.05, 3.63) is 41.3 Å². The molecule has 0 bridgehead atoms. The summed E-state index contributed by atoms with van der Waals surface area (Å²) in [5.41, 5.74) is 3.13. The van der Waals surface area contributed by atoms with Crippen LogP contribution < -0.4 is 10.6 Å². The summed E-state index contributed by atoms with van der Waals surface area (Å²) in [4.78, 5) is 8.64. The summed E-state index contributed by atoms with van der Waals surface area (Å²) in [5.74, 6) is 1.56. The molecule has 0 aliphatic rings. The first-order valence-electron chi connectivity index (χ1n) is 7.56. The highest BCUT2D eigenvalue weighted by Gasteiger charge is 2.05. The largest absolute Gasteiger partial charge is 0.383 e. The quantitative estimate of drug-likeness (QED) is 0.308. The van der Waals surface area contributed by atoms with E-state index in [-0.39, 0.29) is 24.0 Å². The van der Waals surface area contributed by atoms with Crippen LogP contribution in [0.25, 0.3) is 5.82 Å². The second-order valence-electron chi connectivity index (χ2n) is 5.21. The van der Waals surface area contributed by atoms with Gasteiger partial charge in [0, 0.05) is 39.1 Å². The lowest BCUT2D eigenvalue weighted by atomic mass is 10.3. The smallest absolute Gasteiger partial charge is 0.191 e. The molecule has 0 aliphatic heterocycles. The minimum Gasteiger partial charge on any atom is -0.383 e. The van der Waals surface area contributed by atoms with Crippen molar-refractivity contribution in [2.45, 2.75) is 20.4 Å². The van der Waals surface area contributed by atoms with E-state index in [1.807, 2.05) is 42.9 Å². The number of aromatic nitrogens is 3. The summed E-state index contributed by atoms with van der Waals surface area (Å²) in [6.45, 7) is 6.00. The fraction of sp³-hybridized carbons (Fsp3) is 0.438. The third kappa shape index (κ3) is 5.75. The third-order valence-corrected chi connectivity index (χ3v) is 3.32. The number of aryl methyl sites for hydroxylation is 2. The van der Waals surface area contributed by atoms with Crippen LogP contribution in [0.4, 0.5) is 0 Å². The monoisotopic (exact) mass is 444 g/mol. The molecule has 0 spiro atoms. The van der Waals surface area contributed by atoms with Gasteiger partial charge in [-0.25, -0.2) is 9.67 Å². The molecule has 24 heavy (non-hydrogen) atoms. The minimum absolute atomic E-state index is 0. The highest BCUT2D eigenvalue weighted by Crippen LogP contribution is 2.10. The van der Waals surface area contributed by atoms with Gasteiger partial charge in [0.15, 0.2) is 11.8 Å². The van der Waals surface area contributed by atoms with E-state index in [0.29, 0.717) is 19.7 Å². The zero-order valence-corrected chi connectivity index (χ0v) is 16.9. The molecule has 0 fully saturated rings. The van der Waals surface area contributed by atoms with Crippen molar-refractivity contribution in [1.82, 2.24) is 25.4 Å². The number of hydrogen-bond donors (Lipinski definition) is 2. The van der Waals surface area contributed by atoms with Crippen LogP contribution in [0.1, 0.15) is 17.0 Å². The average Bonchev–Trinajstić information content (AvgIpc) is 2.90. The fourth-order valence-electron chi connectivity index (χ4n) is 2.19. The maximum Gasteiger partial charge on any atom is 0.191 e. The lowest BCUT2D eigenvalue weighted by Crippen LogP contribution is -2.38. The minimum atomic E-state index is 0. The third-order valence-electron chi connectivity index (χ3n) is 3.32. The molecule has 0 aliphatic carbocycles. The van der Waals surface area contributed by atoms with E-state index in [1.54, 1.807) is 14.2 Å². The van der Waals surface area contributed by atoms with Gasteiger partial charge in [0.25, 0.3) is 0 Å². The molecule has 2 aromatic heterocycles. The van der Waals surface area contributed by atoms with Gasteiger partial charge in [0.05, 0.1) is 12.3 Å². The standard InChI is InChI=1S/C16H24N6O.HI/c1-12-9-13(2)22(21-12)15-6-5-14(10-19-15)11-20-16(17-3)18-7-8-23-4;/h5-6,9-10H,7-8,11H2,1-4H3,(H2,17,18,20);1H. The molecular formula is C16H25IN6O. The predicted molar refractivity (Wildman–Crippen MR) is 106 cm³/mol. The van der Waals surface area contributed by atoms with E-state index >= 15 is 0 Å². The van der Waals surface area contributed by atoms with Crippen molar-refractivity contribution in [2.75, 3.05) is 27.3 Å². The Bertz CT molecular complexity index is 653. The molecule has 0 aromatic carbocycles. The highest BCUT2D eigenvalue weighted by atomic mass is 127. The van der Waals surface area contributed by atoms with Gasteiger partial charge in [0.1, 0.15) is 0 Å². The van der Waals surface area contributed by atoms with E-state index in [4.69, 9.17) is 4.74 Å². The van der Waals surface area contributed by atoms with E-state index in [1.165, 1.54) is 0 Å². The average molecular weight is 444 g/mol. The van der Waals surface area contributed by atoms with Crippen LogP contribution in [-0.2, 0) is 11.3 Å². The number of pyridine rings is 1. The Morgan fingerprint density at radius 2 is 2.08 bits per heavy atom. The van der Waals surface area contributed by atoms with Crippen molar-refractivity contribution >= 4 is 29.9 Å². The van der Waals surface area contributed by atoms with Gasteiger partial charge in [-0.2, -0.15) is 5.10 Å². The topological polar surface area (TPSA) is 76.4 Å². The van der Waals surface area contributed by atoms with Crippen LogP contribution >= 0.6 is 24.0 Å². The van der Waals surface area contributed by atoms with Gasteiger partial charge in [-0.3, -0.25) is 4.99 Å². The molecular weight excluding hydrogens is 419 g/mol. The molecule has 8 heteroatoms. The van der Waals surface area contributed by atoms with E-state index in [9.17, 15) is 0 Å². The molecule has 0 unspecified atom stereocenters. The molecule has 132 valence electrons. The summed E-state index contributed by atoms with van der Waals surface area (Å²) in [6.07, 6.45) is 1.85. The molecule has 0 saturated heterocycles. The fourth-order valence-corrected chi connectivity index (χ4v) is 2.19. The number of aliphatic imine (C=N–C) groups is 1. The SMILES string of the molecule is CN=C(NCCOC)NCc1ccc(-n2nc(C)cc2C)nc1.I. The molecule has 2 N–H and O–H groups in total. The Hall–Kier alpha value is -1.68. The first-order chi connectivity index (χ1) is 11.1. The van der Waals surface area contributed by atoms with Gasteiger partial charge < -0.3 is 15.4 Å². The van der Waals surface area contributed by atoms with Crippen molar-refractivity contribution in [1.29, 1.82) is 0 Å². The second kappa shape index (κ2) is 10.2. The Labute approximate surface area is 159 Å². The van der Waals surface area contributed by atoms with Crippen molar-refractivity contribution in [2.24, 2.45) is 4.99 Å². The normalized spacial score (nSPS) is 11.1. The second-order valence-corrected chi connectivity index (χ2v) is 5.21. The summed E-state index contributed by atoms with van der Waals surface area (Å²) in [7, 11) is 3.42. The van der Waals surface area contributed by atoms with Crippen molar-refractivity contribution in [3.63, 3.8) is 0 Å². The van der Waals surface area contributed by atoms with E-state index in [0.717, 1.165) is 28.7 Å². The highest BCUT2D eigenvalue weighted by molar-refractivity contribution is 14.0. The van der Waals surface area contributed by atoms with Crippen LogP contribution in [0.3, 0.4) is 0 Å². The van der Waals surface area contributed by atoms with Gasteiger partial charge in [-0.1, -0.05) is 6.07 Å². The van der Waals surface area contributed by atoms with Crippen LogP contribution in [0.5, 0.6) is 0 Å². The van der Waals surface area contributed by atoms with E-state index < -0.39 is 0 Å². The number of halogens is 1. The molecule has 7 nitrogen and oxygen atoms in total. The molecule has 2 aromatic rings.